The first-order valence-electron chi connectivity index (χ1n) is 6.46. The van der Waals surface area contributed by atoms with Crippen molar-refractivity contribution in [1.82, 2.24) is 4.98 Å². The Labute approximate surface area is 136 Å². The van der Waals surface area contributed by atoms with Crippen LogP contribution in [0.25, 0.3) is 0 Å². The second-order valence-corrected chi connectivity index (χ2v) is 5.58. The Bertz CT molecular complexity index is 702. The smallest absolute Gasteiger partial charge is 0.311 e. The second kappa shape index (κ2) is 7.24. The number of rotatable bonds is 5. The predicted octanol–water partition coefficient (Wildman–Crippen LogP) is 2.74. The van der Waals surface area contributed by atoms with Gasteiger partial charge in [-0.1, -0.05) is 11.6 Å². The first kappa shape index (κ1) is 16.3. The number of thiazole rings is 1. The van der Waals surface area contributed by atoms with E-state index in [1.165, 1.54) is 17.4 Å². The highest BCUT2D eigenvalue weighted by molar-refractivity contribution is 7.14. The van der Waals surface area contributed by atoms with Gasteiger partial charge in [0.15, 0.2) is 5.13 Å². The number of nitrogens with zero attached hydrogens (tertiary/aromatic N) is 1. The van der Waals surface area contributed by atoms with E-state index >= 15 is 0 Å². The minimum atomic E-state index is -0.351. The number of anilines is 2. The molecule has 0 spiro atoms. The molecule has 0 fully saturated rings. The van der Waals surface area contributed by atoms with Gasteiger partial charge >= 0.3 is 5.97 Å². The van der Waals surface area contributed by atoms with E-state index in [0.29, 0.717) is 33.7 Å². The minimum Gasteiger partial charge on any atom is -0.466 e. The maximum atomic E-state index is 12.1. The van der Waals surface area contributed by atoms with Gasteiger partial charge in [0.05, 0.1) is 29.4 Å². The van der Waals surface area contributed by atoms with Crippen molar-refractivity contribution in [3.63, 3.8) is 0 Å². The van der Waals surface area contributed by atoms with Crippen LogP contribution in [0.15, 0.2) is 23.6 Å². The summed E-state index contributed by atoms with van der Waals surface area (Å²) in [4.78, 5) is 27.6. The Morgan fingerprint density at radius 1 is 1.45 bits per heavy atom. The van der Waals surface area contributed by atoms with Crippen LogP contribution >= 0.6 is 22.9 Å². The summed E-state index contributed by atoms with van der Waals surface area (Å²) in [7, 11) is 0. The van der Waals surface area contributed by atoms with Crippen LogP contribution in [0.2, 0.25) is 5.02 Å². The quantitative estimate of drug-likeness (QED) is 0.645. The number of benzene rings is 1. The van der Waals surface area contributed by atoms with Crippen LogP contribution in [0.5, 0.6) is 0 Å². The fraction of sp³-hybridized carbons (Fsp3) is 0.214. The van der Waals surface area contributed by atoms with Crippen molar-refractivity contribution >= 4 is 45.6 Å². The molecule has 0 saturated carbocycles. The van der Waals surface area contributed by atoms with Crippen molar-refractivity contribution < 1.29 is 14.3 Å². The second-order valence-electron chi connectivity index (χ2n) is 4.32. The third-order valence-electron chi connectivity index (χ3n) is 2.66. The summed E-state index contributed by atoms with van der Waals surface area (Å²) in [6, 6.07) is 4.62. The summed E-state index contributed by atoms with van der Waals surface area (Å²) in [5.74, 6) is -0.698. The number of nitrogen functional groups attached to an aromatic ring is 1. The fourth-order valence-electron chi connectivity index (χ4n) is 1.66. The zero-order chi connectivity index (χ0) is 16.1. The molecule has 8 heteroatoms. The monoisotopic (exact) mass is 339 g/mol. The van der Waals surface area contributed by atoms with Crippen molar-refractivity contribution in [2.75, 3.05) is 17.7 Å². The summed E-state index contributed by atoms with van der Waals surface area (Å²) in [5.41, 5.74) is 6.92. The third-order valence-corrected chi connectivity index (χ3v) is 3.81. The number of aromatic nitrogens is 1. The molecular weight excluding hydrogens is 326 g/mol. The van der Waals surface area contributed by atoms with Gasteiger partial charge in [-0.15, -0.1) is 11.3 Å². The van der Waals surface area contributed by atoms with Crippen molar-refractivity contribution in [1.29, 1.82) is 0 Å². The first-order valence-corrected chi connectivity index (χ1v) is 7.71. The summed E-state index contributed by atoms with van der Waals surface area (Å²) in [6.45, 7) is 2.06. The molecule has 22 heavy (non-hydrogen) atoms. The first-order chi connectivity index (χ1) is 10.5. The molecule has 3 N–H and O–H groups in total. The number of hydrogen-bond donors (Lipinski definition) is 2. The number of ether oxygens (including phenoxy) is 1. The zero-order valence-electron chi connectivity index (χ0n) is 11.8. The Hall–Kier alpha value is -2.12. The van der Waals surface area contributed by atoms with E-state index in [-0.39, 0.29) is 18.3 Å². The minimum absolute atomic E-state index is 0.0775. The molecule has 0 radical (unpaired) electrons. The largest absolute Gasteiger partial charge is 0.466 e. The molecule has 0 saturated heterocycles. The van der Waals surface area contributed by atoms with Crippen LogP contribution in [0, 0.1) is 0 Å². The molecule has 0 atom stereocenters. The van der Waals surface area contributed by atoms with Crippen molar-refractivity contribution in [2.24, 2.45) is 0 Å². The van der Waals surface area contributed by atoms with E-state index in [4.69, 9.17) is 22.1 Å². The van der Waals surface area contributed by atoms with Gasteiger partial charge in [0.1, 0.15) is 0 Å². The Morgan fingerprint density at radius 2 is 2.23 bits per heavy atom. The Balaban J connectivity index is 2.01. The number of hydrogen-bond acceptors (Lipinski definition) is 6. The van der Waals surface area contributed by atoms with E-state index in [1.807, 2.05) is 0 Å². The zero-order valence-corrected chi connectivity index (χ0v) is 13.3. The van der Waals surface area contributed by atoms with Crippen LogP contribution in [0.4, 0.5) is 10.8 Å². The molecule has 0 aliphatic carbocycles. The molecule has 2 rings (SSSR count). The molecule has 1 amide bonds. The van der Waals surface area contributed by atoms with Gasteiger partial charge in [0.25, 0.3) is 5.91 Å². The summed E-state index contributed by atoms with van der Waals surface area (Å²) in [6.07, 6.45) is 0.0775. The molecule has 1 aromatic heterocycles. The maximum absolute atomic E-state index is 12.1. The Morgan fingerprint density at radius 3 is 2.91 bits per heavy atom. The lowest BCUT2D eigenvalue weighted by molar-refractivity contribution is -0.142. The van der Waals surface area contributed by atoms with Crippen molar-refractivity contribution in [2.45, 2.75) is 13.3 Å². The molecule has 0 unspecified atom stereocenters. The SMILES string of the molecule is CCOC(=O)Cc1csc(NC(=O)c2ccc(Cl)c(N)c2)n1. The molecular formula is C14H14ClN3O3S. The molecule has 1 aromatic carbocycles. The number of carbonyl (C=O) groups is 2. The third kappa shape index (κ3) is 4.19. The number of amides is 1. The van der Waals surface area contributed by atoms with Crippen molar-refractivity contribution in [3.8, 4) is 0 Å². The van der Waals surface area contributed by atoms with Crippen LogP contribution in [0.3, 0.4) is 0 Å². The van der Waals surface area contributed by atoms with E-state index in [0.717, 1.165) is 0 Å². The molecule has 116 valence electrons. The van der Waals surface area contributed by atoms with Gasteiger partial charge in [-0.05, 0) is 25.1 Å². The predicted molar refractivity (Wildman–Crippen MR) is 86.3 cm³/mol. The molecule has 1 heterocycles. The summed E-state index contributed by atoms with van der Waals surface area (Å²) >= 11 is 7.04. The molecule has 0 aliphatic heterocycles. The fourth-order valence-corrected chi connectivity index (χ4v) is 2.48. The number of nitrogens with two attached hydrogens (primary N) is 1. The average Bonchev–Trinajstić information content (AvgIpc) is 2.89. The van der Waals surface area contributed by atoms with Gasteiger partial charge in [-0.3, -0.25) is 14.9 Å². The van der Waals surface area contributed by atoms with E-state index in [2.05, 4.69) is 10.3 Å². The lowest BCUT2D eigenvalue weighted by atomic mass is 10.2. The van der Waals surface area contributed by atoms with Gasteiger partial charge in [0, 0.05) is 10.9 Å². The standard InChI is InChI=1S/C14H14ClN3O3S/c1-2-21-12(19)6-9-7-22-14(17-9)18-13(20)8-3-4-10(15)11(16)5-8/h3-5,7H,2,6,16H2,1H3,(H,17,18,20). The molecule has 0 aliphatic rings. The van der Waals surface area contributed by atoms with Crippen LogP contribution in [-0.2, 0) is 16.0 Å². The highest BCUT2D eigenvalue weighted by Gasteiger charge is 2.12. The van der Waals surface area contributed by atoms with Gasteiger partial charge in [0.2, 0.25) is 0 Å². The van der Waals surface area contributed by atoms with Crippen LogP contribution < -0.4 is 11.1 Å². The van der Waals surface area contributed by atoms with Crippen molar-refractivity contribution in [3.05, 3.63) is 39.9 Å². The topological polar surface area (TPSA) is 94.3 Å². The van der Waals surface area contributed by atoms with E-state index < -0.39 is 0 Å². The lowest BCUT2D eigenvalue weighted by Gasteiger charge is -2.04. The molecule has 2 aromatic rings. The van der Waals surface area contributed by atoms with E-state index in [1.54, 1.807) is 24.4 Å². The maximum Gasteiger partial charge on any atom is 0.311 e. The molecule has 6 nitrogen and oxygen atoms in total. The highest BCUT2D eigenvalue weighted by Crippen LogP contribution is 2.21. The normalized spacial score (nSPS) is 10.3. The lowest BCUT2D eigenvalue weighted by Crippen LogP contribution is -2.12. The van der Waals surface area contributed by atoms with Crippen LogP contribution in [0.1, 0.15) is 23.0 Å². The number of carbonyl (C=O) groups excluding carboxylic acids is 2. The molecule has 0 bridgehead atoms. The summed E-state index contributed by atoms with van der Waals surface area (Å²) in [5, 5.41) is 5.14. The van der Waals surface area contributed by atoms with Gasteiger partial charge in [-0.25, -0.2) is 4.98 Å². The van der Waals surface area contributed by atoms with Gasteiger partial charge < -0.3 is 10.5 Å². The number of nitrogens with one attached hydrogen (secondary N) is 1. The van der Waals surface area contributed by atoms with Gasteiger partial charge in [-0.2, -0.15) is 0 Å². The highest BCUT2D eigenvalue weighted by atomic mass is 35.5. The van der Waals surface area contributed by atoms with Crippen LogP contribution in [-0.4, -0.2) is 23.5 Å². The number of halogens is 1. The average molecular weight is 340 g/mol. The number of esters is 1. The van der Waals surface area contributed by atoms with E-state index in [9.17, 15) is 9.59 Å². The Kier molecular flexibility index (Phi) is 5.35. The summed E-state index contributed by atoms with van der Waals surface area (Å²) < 4.78 is 4.84.